The van der Waals surface area contributed by atoms with Gasteiger partial charge in [-0.15, -0.1) is 0 Å². The molecule has 0 rings (SSSR count). The number of hydrogen-bond acceptors (Lipinski definition) is 6. The van der Waals surface area contributed by atoms with Crippen molar-refractivity contribution in [3.63, 3.8) is 0 Å². The summed E-state index contributed by atoms with van der Waals surface area (Å²) in [5.74, 6) is -1.08. The molecule has 1 unspecified atom stereocenters. The van der Waals surface area contributed by atoms with Gasteiger partial charge in [0.15, 0.2) is 6.10 Å². The summed E-state index contributed by atoms with van der Waals surface area (Å²) in [6, 6.07) is 0. The van der Waals surface area contributed by atoms with Crippen LogP contribution in [0.2, 0.25) is 0 Å². The van der Waals surface area contributed by atoms with E-state index in [0.717, 1.165) is 109 Å². The number of hydrogen-bond donors (Lipinski definition) is 0. The Bertz CT molecular complexity index is 1420. The van der Waals surface area contributed by atoms with Gasteiger partial charge in [0, 0.05) is 19.3 Å². The molecular weight excluding hydrogens is 781 g/mol. The molecule has 0 radical (unpaired) electrons. The Morgan fingerprint density at radius 2 is 0.730 bits per heavy atom. The fourth-order valence-electron chi connectivity index (χ4n) is 6.01. The van der Waals surface area contributed by atoms with Crippen LogP contribution < -0.4 is 0 Å². The standard InChI is InChI=1S/C57H88O6/c1-4-7-10-13-16-19-22-24-26-28-29-31-32-35-38-41-44-47-50-56(59)62-53-54(52-61-55(58)49-46-43-40-37-34-21-18-15-12-9-6-3)63-57(60)51-48-45-42-39-36-33-30-27-25-23-20-17-14-11-8-5-2/h8,11,15-22,24-29,31,33-34,36,42,45,54H,4-7,9-10,12-14,23,30,32,35,37-41,43-44,46-53H2,1-3H3/b11-8-,18-15-,19-16-,20-17-,24-22-,27-25-,28-26-,31-29-,34-21-,36-33-,45-42-. The first-order chi connectivity index (χ1) is 31.0. The van der Waals surface area contributed by atoms with Crippen LogP contribution in [-0.4, -0.2) is 37.2 Å². The number of esters is 3. The van der Waals surface area contributed by atoms with E-state index in [1.165, 1.54) is 32.1 Å². The fraction of sp³-hybridized carbons (Fsp3) is 0.561. The van der Waals surface area contributed by atoms with Crippen LogP contribution in [0.1, 0.15) is 188 Å². The molecule has 352 valence electrons. The topological polar surface area (TPSA) is 78.9 Å². The van der Waals surface area contributed by atoms with Crippen molar-refractivity contribution in [3.8, 4) is 0 Å². The Morgan fingerprint density at radius 1 is 0.349 bits per heavy atom. The lowest BCUT2D eigenvalue weighted by Gasteiger charge is -2.18. The smallest absolute Gasteiger partial charge is 0.306 e. The monoisotopic (exact) mass is 869 g/mol. The molecule has 0 heterocycles. The van der Waals surface area contributed by atoms with Crippen LogP contribution in [0.25, 0.3) is 0 Å². The summed E-state index contributed by atoms with van der Waals surface area (Å²) in [6.07, 6.45) is 70.1. The molecule has 1 atom stereocenters. The number of rotatable bonds is 42. The largest absolute Gasteiger partial charge is 0.462 e. The Morgan fingerprint density at radius 3 is 1.22 bits per heavy atom. The van der Waals surface area contributed by atoms with Crippen LogP contribution in [0.4, 0.5) is 0 Å². The summed E-state index contributed by atoms with van der Waals surface area (Å²) < 4.78 is 16.6. The first kappa shape index (κ1) is 58.6. The second-order valence-corrected chi connectivity index (χ2v) is 15.8. The van der Waals surface area contributed by atoms with Crippen LogP contribution in [0.5, 0.6) is 0 Å². The summed E-state index contributed by atoms with van der Waals surface area (Å²) in [6.45, 7) is 6.29. The highest BCUT2D eigenvalue weighted by Crippen LogP contribution is 2.11. The van der Waals surface area contributed by atoms with Gasteiger partial charge in [-0.1, -0.05) is 206 Å². The molecule has 0 aromatic rings. The maximum Gasteiger partial charge on any atom is 0.306 e. The average molecular weight is 869 g/mol. The van der Waals surface area contributed by atoms with E-state index in [2.05, 4.69) is 142 Å². The maximum absolute atomic E-state index is 12.7. The third-order valence-corrected chi connectivity index (χ3v) is 9.74. The van der Waals surface area contributed by atoms with Crippen molar-refractivity contribution < 1.29 is 28.6 Å². The second kappa shape index (κ2) is 50.2. The summed E-state index contributed by atoms with van der Waals surface area (Å²) in [5, 5.41) is 0. The molecule has 0 N–H and O–H groups in total. The molecule has 0 aromatic heterocycles. The number of ether oxygens (including phenoxy) is 3. The lowest BCUT2D eigenvalue weighted by Crippen LogP contribution is -2.30. The minimum Gasteiger partial charge on any atom is -0.462 e. The van der Waals surface area contributed by atoms with Crippen molar-refractivity contribution in [1.82, 2.24) is 0 Å². The van der Waals surface area contributed by atoms with Gasteiger partial charge in [-0.05, 0) is 96.3 Å². The molecule has 0 spiro atoms. The van der Waals surface area contributed by atoms with Gasteiger partial charge in [0.1, 0.15) is 13.2 Å². The van der Waals surface area contributed by atoms with Crippen molar-refractivity contribution in [2.45, 2.75) is 194 Å². The van der Waals surface area contributed by atoms with Gasteiger partial charge >= 0.3 is 17.9 Å². The van der Waals surface area contributed by atoms with Gasteiger partial charge in [0.05, 0.1) is 0 Å². The molecule has 0 aromatic carbocycles. The van der Waals surface area contributed by atoms with Crippen molar-refractivity contribution in [3.05, 3.63) is 134 Å². The predicted octanol–water partition coefficient (Wildman–Crippen LogP) is 16.3. The van der Waals surface area contributed by atoms with E-state index in [9.17, 15) is 14.4 Å². The van der Waals surface area contributed by atoms with Crippen molar-refractivity contribution in [2.75, 3.05) is 13.2 Å². The normalized spacial score (nSPS) is 13.3. The van der Waals surface area contributed by atoms with Gasteiger partial charge in [-0.3, -0.25) is 14.4 Å². The molecule has 0 saturated heterocycles. The number of carbonyl (C=O) groups excluding carboxylic acids is 3. The Labute approximate surface area is 385 Å². The zero-order chi connectivity index (χ0) is 45.8. The molecule has 0 aliphatic carbocycles. The zero-order valence-corrected chi connectivity index (χ0v) is 40.0. The lowest BCUT2D eigenvalue weighted by atomic mass is 10.1. The summed E-state index contributed by atoms with van der Waals surface area (Å²) >= 11 is 0. The fourth-order valence-corrected chi connectivity index (χ4v) is 6.01. The van der Waals surface area contributed by atoms with E-state index >= 15 is 0 Å². The highest BCUT2D eigenvalue weighted by atomic mass is 16.6. The molecule has 0 fully saturated rings. The van der Waals surface area contributed by atoms with Crippen LogP contribution in [-0.2, 0) is 28.6 Å². The molecule has 0 saturated carbocycles. The van der Waals surface area contributed by atoms with E-state index in [0.29, 0.717) is 19.3 Å². The second-order valence-electron chi connectivity index (χ2n) is 15.8. The highest BCUT2D eigenvalue weighted by molar-refractivity contribution is 5.71. The number of unbranched alkanes of at least 4 members (excludes halogenated alkanes) is 13. The molecule has 0 bridgehead atoms. The molecule has 6 heteroatoms. The van der Waals surface area contributed by atoms with Crippen LogP contribution in [0.15, 0.2) is 134 Å². The third-order valence-electron chi connectivity index (χ3n) is 9.74. The number of carbonyl (C=O) groups is 3. The SMILES string of the molecule is CC/C=C\C/C=C\C/C=C\C/C=C\C/C=C\CCC(=O)OC(COC(=O)CCCCC/C=C\C=C/CCCC)COC(=O)CCCCCCC\C=C/C=C\C=C/C=C\CCCCC. The molecule has 0 amide bonds. The van der Waals surface area contributed by atoms with Gasteiger partial charge in [-0.25, -0.2) is 0 Å². The van der Waals surface area contributed by atoms with Gasteiger partial charge in [0.25, 0.3) is 0 Å². The summed E-state index contributed by atoms with van der Waals surface area (Å²) in [4.78, 5) is 37.9. The third kappa shape index (κ3) is 48.4. The van der Waals surface area contributed by atoms with Crippen LogP contribution in [0.3, 0.4) is 0 Å². The average Bonchev–Trinajstić information content (AvgIpc) is 3.28. The summed E-state index contributed by atoms with van der Waals surface area (Å²) in [5.41, 5.74) is 0. The zero-order valence-electron chi connectivity index (χ0n) is 40.0. The minimum absolute atomic E-state index is 0.134. The summed E-state index contributed by atoms with van der Waals surface area (Å²) in [7, 11) is 0. The maximum atomic E-state index is 12.7. The Hall–Kier alpha value is -4.45. The van der Waals surface area contributed by atoms with Gasteiger partial charge in [0.2, 0.25) is 0 Å². The molecule has 63 heavy (non-hydrogen) atoms. The van der Waals surface area contributed by atoms with Crippen molar-refractivity contribution >= 4 is 17.9 Å². The minimum atomic E-state index is -0.842. The quantitative estimate of drug-likeness (QED) is 0.0200. The number of allylic oxidation sites excluding steroid dienone is 22. The Balaban J connectivity index is 4.59. The Kier molecular flexibility index (Phi) is 46.7. The highest BCUT2D eigenvalue weighted by Gasteiger charge is 2.19. The first-order valence-electron chi connectivity index (χ1n) is 24.8. The molecular formula is C57H88O6. The van der Waals surface area contributed by atoms with Crippen molar-refractivity contribution in [1.29, 1.82) is 0 Å². The molecule has 0 aliphatic rings. The predicted molar refractivity (Wildman–Crippen MR) is 269 cm³/mol. The van der Waals surface area contributed by atoms with E-state index in [1.807, 2.05) is 12.2 Å². The molecule has 0 aliphatic heterocycles. The van der Waals surface area contributed by atoms with Crippen LogP contribution >= 0.6 is 0 Å². The van der Waals surface area contributed by atoms with Gasteiger partial charge in [-0.2, -0.15) is 0 Å². The van der Waals surface area contributed by atoms with E-state index in [4.69, 9.17) is 14.2 Å². The van der Waals surface area contributed by atoms with E-state index < -0.39 is 12.1 Å². The first-order valence-corrected chi connectivity index (χ1v) is 24.8. The lowest BCUT2D eigenvalue weighted by molar-refractivity contribution is -0.166. The molecule has 6 nitrogen and oxygen atoms in total. The van der Waals surface area contributed by atoms with Crippen LogP contribution in [0, 0.1) is 0 Å². The van der Waals surface area contributed by atoms with E-state index in [1.54, 1.807) is 0 Å². The van der Waals surface area contributed by atoms with Crippen molar-refractivity contribution in [2.24, 2.45) is 0 Å². The van der Waals surface area contributed by atoms with Gasteiger partial charge < -0.3 is 14.2 Å². The van der Waals surface area contributed by atoms with E-state index in [-0.39, 0.29) is 31.6 Å².